The van der Waals surface area contributed by atoms with Crippen molar-refractivity contribution in [2.75, 3.05) is 13.1 Å². The molecule has 1 amide bonds. The summed E-state index contributed by atoms with van der Waals surface area (Å²) in [4.78, 5) is 18.7. The number of primary amides is 1. The lowest BCUT2D eigenvalue weighted by Crippen LogP contribution is -2.18. The quantitative estimate of drug-likeness (QED) is 0.448. The van der Waals surface area contributed by atoms with Crippen LogP contribution in [0.5, 0.6) is 0 Å². The Balaban J connectivity index is 1.23. The third-order valence-electron chi connectivity index (χ3n) is 6.26. The molecule has 0 aliphatic carbocycles. The van der Waals surface area contributed by atoms with Crippen LogP contribution in [0.15, 0.2) is 73.1 Å². The van der Waals surface area contributed by atoms with Crippen molar-refractivity contribution in [3.63, 3.8) is 0 Å². The van der Waals surface area contributed by atoms with Crippen LogP contribution in [0.4, 0.5) is 0 Å². The molecule has 4 aromatic rings. The normalized spacial score (nSPS) is 13.9. The van der Waals surface area contributed by atoms with Crippen LogP contribution < -0.4 is 5.73 Å². The fraction of sp³-hybridized carbons (Fsp3) is 0.222. The van der Waals surface area contributed by atoms with E-state index in [-0.39, 0.29) is 0 Å². The van der Waals surface area contributed by atoms with Crippen molar-refractivity contribution in [1.82, 2.24) is 20.1 Å². The molecule has 166 valence electrons. The summed E-state index contributed by atoms with van der Waals surface area (Å²) in [7, 11) is 0. The fourth-order valence-corrected chi connectivity index (χ4v) is 4.40. The molecule has 0 bridgehead atoms. The molecule has 2 aromatic heterocycles. The SMILES string of the molecule is NC(=O)c1[nH]ncc1-c1ccc(Cc2ccc(-c3ccc(CN4CCCC4)nc3)cc2)cc1. The van der Waals surface area contributed by atoms with Gasteiger partial charge in [-0.1, -0.05) is 54.6 Å². The monoisotopic (exact) mass is 437 g/mol. The first-order chi connectivity index (χ1) is 16.2. The highest BCUT2D eigenvalue weighted by Crippen LogP contribution is 2.24. The first-order valence-electron chi connectivity index (χ1n) is 11.3. The minimum Gasteiger partial charge on any atom is -0.364 e. The standard InChI is InChI=1S/C27H27N5O/c28-27(33)26-25(17-30-31-26)22-9-5-20(6-10-22)15-19-3-7-21(8-4-19)23-11-12-24(29-16-23)18-32-13-1-2-14-32/h3-12,16-17H,1-2,13-15,18H2,(H2,28,33)(H,30,31). The summed E-state index contributed by atoms with van der Waals surface area (Å²) in [5.74, 6) is -0.511. The molecule has 0 radical (unpaired) electrons. The average Bonchev–Trinajstić information content (AvgIpc) is 3.53. The number of hydrogen-bond acceptors (Lipinski definition) is 4. The van der Waals surface area contributed by atoms with E-state index in [2.05, 4.69) is 68.6 Å². The van der Waals surface area contributed by atoms with E-state index in [1.807, 2.05) is 18.3 Å². The average molecular weight is 438 g/mol. The molecule has 0 unspecified atom stereocenters. The van der Waals surface area contributed by atoms with E-state index in [1.54, 1.807) is 6.20 Å². The minimum atomic E-state index is -0.511. The topological polar surface area (TPSA) is 87.9 Å². The second-order valence-corrected chi connectivity index (χ2v) is 8.62. The van der Waals surface area contributed by atoms with Crippen LogP contribution in [0, 0.1) is 0 Å². The van der Waals surface area contributed by atoms with Gasteiger partial charge in [0.1, 0.15) is 5.69 Å². The number of aromatic nitrogens is 3. The zero-order valence-electron chi connectivity index (χ0n) is 18.5. The molecule has 5 rings (SSSR count). The van der Waals surface area contributed by atoms with Crippen molar-refractivity contribution in [3.05, 3.63) is 95.6 Å². The van der Waals surface area contributed by atoms with Gasteiger partial charge in [0.05, 0.1) is 11.9 Å². The maximum absolute atomic E-state index is 11.5. The van der Waals surface area contributed by atoms with E-state index in [9.17, 15) is 4.79 Å². The lowest BCUT2D eigenvalue weighted by atomic mass is 9.99. The molecule has 2 aromatic carbocycles. The number of carbonyl (C=O) groups excluding carboxylic acids is 1. The van der Waals surface area contributed by atoms with E-state index >= 15 is 0 Å². The van der Waals surface area contributed by atoms with Crippen LogP contribution in [0.1, 0.15) is 40.2 Å². The maximum Gasteiger partial charge on any atom is 0.267 e. The number of nitrogens with two attached hydrogens (primary N) is 1. The first-order valence-corrected chi connectivity index (χ1v) is 11.3. The number of benzene rings is 2. The highest BCUT2D eigenvalue weighted by molar-refractivity contribution is 5.97. The molecule has 0 spiro atoms. The molecule has 3 heterocycles. The predicted molar refractivity (Wildman–Crippen MR) is 130 cm³/mol. The summed E-state index contributed by atoms with van der Waals surface area (Å²) >= 11 is 0. The zero-order valence-corrected chi connectivity index (χ0v) is 18.5. The Kier molecular flexibility index (Phi) is 6.00. The van der Waals surface area contributed by atoms with Gasteiger partial charge in [0.2, 0.25) is 0 Å². The van der Waals surface area contributed by atoms with Gasteiger partial charge in [-0.25, -0.2) is 0 Å². The van der Waals surface area contributed by atoms with E-state index in [1.165, 1.54) is 42.6 Å². The molecule has 1 aliphatic rings. The van der Waals surface area contributed by atoms with Gasteiger partial charge in [-0.05, 0) is 60.7 Å². The first kappa shape index (κ1) is 21.1. The Hall–Kier alpha value is -3.77. The number of nitrogens with one attached hydrogen (secondary N) is 1. The van der Waals surface area contributed by atoms with Crippen molar-refractivity contribution in [2.45, 2.75) is 25.8 Å². The summed E-state index contributed by atoms with van der Waals surface area (Å²) in [6.45, 7) is 3.32. The Morgan fingerprint density at radius 2 is 1.48 bits per heavy atom. The van der Waals surface area contributed by atoms with E-state index in [0.717, 1.165) is 35.3 Å². The summed E-state index contributed by atoms with van der Waals surface area (Å²) in [6, 6.07) is 21.1. The molecule has 0 saturated carbocycles. The molecule has 6 nitrogen and oxygen atoms in total. The van der Waals surface area contributed by atoms with Crippen molar-refractivity contribution in [2.24, 2.45) is 5.73 Å². The van der Waals surface area contributed by atoms with E-state index in [0.29, 0.717) is 5.69 Å². The summed E-state index contributed by atoms with van der Waals surface area (Å²) < 4.78 is 0. The number of hydrogen-bond donors (Lipinski definition) is 2. The third kappa shape index (κ3) is 4.86. The second kappa shape index (κ2) is 9.38. The lowest BCUT2D eigenvalue weighted by molar-refractivity contribution is 0.0996. The molecule has 6 heteroatoms. The Bertz CT molecular complexity index is 1220. The van der Waals surface area contributed by atoms with Gasteiger partial charge in [0.25, 0.3) is 5.91 Å². The smallest absolute Gasteiger partial charge is 0.267 e. The Labute approximate surface area is 193 Å². The number of rotatable bonds is 7. The second-order valence-electron chi connectivity index (χ2n) is 8.62. The number of nitrogens with zero attached hydrogens (tertiary/aromatic N) is 3. The van der Waals surface area contributed by atoms with Gasteiger partial charge >= 0.3 is 0 Å². The van der Waals surface area contributed by atoms with Crippen LogP contribution >= 0.6 is 0 Å². The summed E-state index contributed by atoms with van der Waals surface area (Å²) in [5.41, 5.74) is 13.3. The highest BCUT2D eigenvalue weighted by Gasteiger charge is 2.13. The number of amides is 1. The van der Waals surface area contributed by atoms with Gasteiger partial charge in [0.15, 0.2) is 0 Å². The fourth-order valence-electron chi connectivity index (χ4n) is 4.40. The largest absolute Gasteiger partial charge is 0.364 e. The zero-order chi connectivity index (χ0) is 22.6. The number of carbonyl (C=O) groups is 1. The minimum absolute atomic E-state index is 0.330. The lowest BCUT2D eigenvalue weighted by Gasteiger charge is -2.14. The number of pyridine rings is 1. The van der Waals surface area contributed by atoms with E-state index in [4.69, 9.17) is 5.73 Å². The van der Waals surface area contributed by atoms with Gasteiger partial charge in [-0.3, -0.25) is 19.8 Å². The van der Waals surface area contributed by atoms with Crippen molar-refractivity contribution < 1.29 is 4.79 Å². The number of H-pyrrole nitrogens is 1. The molecule has 0 atom stereocenters. The third-order valence-corrected chi connectivity index (χ3v) is 6.26. The molecule has 1 aliphatic heterocycles. The van der Waals surface area contributed by atoms with Crippen molar-refractivity contribution >= 4 is 5.91 Å². The molecule has 3 N–H and O–H groups in total. The summed E-state index contributed by atoms with van der Waals surface area (Å²) in [6.07, 6.45) is 7.04. The van der Waals surface area contributed by atoms with Crippen LogP contribution in [0.2, 0.25) is 0 Å². The van der Waals surface area contributed by atoms with Crippen LogP contribution in [-0.4, -0.2) is 39.1 Å². The maximum atomic E-state index is 11.5. The van der Waals surface area contributed by atoms with Crippen molar-refractivity contribution in [3.8, 4) is 22.3 Å². The molecule has 33 heavy (non-hydrogen) atoms. The molecule has 1 saturated heterocycles. The molecular formula is C27H27N5O. The van der Waals surface area contributed by atoms with Gasteiger partial charge < -0.3 is 5.73 Å². The Morgan fingerprint density at radius 1 is 0.848 bits per heavy atom. The number of likely N-dealkylation sites (tertiary alicyclic amines) is 1. The Morgan fingerprint density at radius 3 is 2.09 bits per heavy atom. The van der Waals surface area contributed by atoms with E-state index < -0.39 is 5.91 Å². The van der Waals surface area contributed by atoms with Crippen LogP contribution in [-0.2, 0) is 13.0 Å². The predicted octanol–water partition coefficient (Wildman–Crippen LogP) is 4.42. The molecule has 1 fully saturated rings. The van der Waals surface area contributed by atoms with Gasteiger partial charge in [-0.2, -0.15) is 5.10 Å². The van der Waals surface area contributed by atoms with Crippen LogP contribution in [0.25, 0.3) is 22.3 Å². The van der Waals surface area contributed by atoms with Gasteiger partial charge in [-0.15, -0.1) is 0 Å². The summed E-state index contributed by atoms with van der Waals surface area (Å²) in [5, 5.41) is 6.60. The van der Waals surface area contributed by atoms with Crippen molar-refractivity contribution in [1.29, 1.82) is 0 Å². The van der Waals surface area contributed by atoms with Crippen LogP contribution in [0.3, 0.4) is 0 Å². The number of aromatic amines is 1. The highest BCUT2D eigenvalue weighted by atomic mass is 16.1. The molecular weight excluding hydrogens is 410 g/mol. The van der Waals surface area contributed by atoms with Gasteiger partial charge in [0, 0.05) is 23.9 Å².